The van der Waals surface area contributed by atoms with Crippen LogP contribution >= 0.6 is 0 Å². The average Bonchev–Trinajstić information content (AvgIpc) is 3.15. The monoisotopic (exact) mass is 327 g/mol. The molecule has 1 aromatic heterocycles. The smallest absolute Gasteiger partial charge is 0.223 e. The molecule has 1 heterocycles. The van der Waals surface area contributed by atoms with Gasteiger partial charge >= 0.3 is 0 Å². The Morgan fingerprint density at radius 2 is 2.25 bits per heavy atom. The molecule has 0 spiro atoms. The van der Waals surface area contributed by atoms with Crippen molar-refractivity contribution in [1.29, 1.82) is 0 Å². The molecule has 0 aliphatic heterocycles. The van der Waals surface area contributed by atoms with Crippen molar-refractivity contribution in [3.8, 4) is 5.75 Å². The van der Waals surface area contributed by atoms with Gasteiger partial charge in [-0.3, -0.25) is 4.79 Å². The van der Waals surface area contributed by atoms with Gasteiger partial charge in [-0.25, -0.2) is 0 Å². The third kappa shape index (κ3) is 2.57. The van der Waals surface area contributed by atoms with Gasteiger partial charge in [0.1, 0.15) is 5.75 Å². The van der Waals surface area contributed by atoms with Crippen LogP contribution in [0.5, 0.6) is 5.75 Å². The lowest BCUT2D eigenvalue weighted by Gasteiger charge is -2.37. The maximum Gasteiger partial charge on any atom is 0.223 e. The van der Waals surface area contributed by atoms with Crippen LogP contribution in [0.4, 0.5) is 0 Å². The summed E-state index contributed by atoms with van der Waals surface area (Å²) in [5.74, 6) is 2.50. The van der Waals surface area contributed by atoms with E-state index in [1.165, 1.54) is 5.56 Å². The maximum absolute atomic E-state index is 12.4. The Balaban J connectivity index is 1.35. The number of ether oxygens (including phenoxy) is 1. The number of fused-ring (bicyclic) bond motifs is 2. The summed E-state index contributed by atoms with van der Waals surface area (Å²) >= 11 is 0. The summed E-state index contributed by atoms with van der Waals surface area (Å²) < 4.78 is 5.46. The molecule has 4 atom stereocenters. The van der Waals surface area contributed by atoms with E-state index in [-0.39, 0.29) is 11.8 Å². The summed E-state index contributed by atoms with van der Waals surface area (Å²) in [6, 6.07) is 6.31. The fourth-order valence-electron chi connectivity index (χ4n) is 4.55. The molecule has 5 heteroatoms. The first-order chi connectivity index (χ1) is 11.7. The van der Waals surface area contributed by atoms with Gasteiger partial charge in [0.15, 0.2) is 0 Å². The molecule has 1 amide bonds. The largest absolute Gasteiger partial charge is 0.496 e. The quantitative estimate of drug-likeness (QED) is 0.787. The molecule has 24 heavy (non-hydrogen) atoms. The molecule has 0 saturated heterocycles. The van der Waals surface area contributed by atoms with E-state index in [0.717, 1.165) is 42.3 Å². The normalized spacial score (nSPS) is 28.4. The number of amides is 1. The summed E-state index contributed by atoms with van der Waals surface area (Å²) in [5, 5.41) is 4.22. The molecule has 2 aliphatic rings. The van der Waals surface area contributed by atoms with Crippen molar-refractivity contribution in [2.45, 2.75) is 31.7 Å². The van der Waals surface area contributed by atoms with Crippen molar-refractivity contribution < 1.29 is 9.53 Å². The summed E-state index contributed by atoms with van der Waals surface area (Å²) in [4.78, 5) is 15.7. The molecule has 0 radical (unpaired) electrons. The van der Waals surface area contributed by atoms with E-state index in [9.17, 15) is 4.79 Å². The number of rotatable bonds is 5. The molecule has 128 valence electrons. The van der Waals surface area contributed by atoms with Crippen LogP contribution in [0.25, 0.3) is 10.9 Å². The Morgan fingerprint density at radius 1 is 1.38 bits per heavy atom. The van der Waals surface area contributed by atoms with Crippen molar-refractivity contribution in [1.82, 2.24) is 10.3 Å². The van der Waals surface area contributed by atoms with Gasteiger partial charge in [-0.05, 0) is 55.2 Å². The number of H-pyrrole nitrogens is 1. The van der Waals surface area contributed by atoms with Crippen LogP contribution < -0.4 is 15.8 Å². The van der Waals surface area contributed by atoms with Gasteiger partial charge in [-0.1, -0.05) is 6.07 Å². The highest BCUT2D eigenvalue weighted by Gasteiger charge is 2.47. The first-order valence-corrected chi connectivity index (χ1v) is 8.83. The predicted octanol–water partition coefficient (Wildman–Crippen LogP) is 2.21. The Hall–Kier alpha value is -2.01. The molecule has 1 unspecified atom stereocenters. The number of hydrogen-bond donors (Lipinski definition) is 3. The topological polar surface area (TPSA) is 80.1 Å². The van der Waals surface area contributed by atoms with Gasteiger partial charge in [0.25, 0.3) is 0 Å². The Kier molecular flexibility index (Phi) is 3.96. The lowest BCUT2D eigenvalue weighted by atomic mass is 9.72. The van der Waals surface area contributed by atoms with E-state index in [1.807, 2.05) is 24.4 Å². The molecule has 5 nitrogen and oxygen atoms in total. The van der Waals surface area contributed by atoms with Crippen molar-refractivity contribution in [2.24, 2.45) is 23.5 Å². The minimum atomic E-state index is 0.158. The first-order valence-electron chi connectivity index (χ1n) is 8.83. The minimum absolute atomic E-state index is 0.158. The van der Waals surface area contributed by atoms with E-state index in [1.54, 1.807) is 7.11 Å². The summed E-state index contributed by atoms with van der Waals surface area (Å²) in [5.41, 5.74) is 8.27. The lowest BCUT2D eigenvalue weighted by molar-refractivity contribution is -0.124. The SMILES string of the molecule is COc1cccc2[nH]cc(CCNC(=O)C3C[C@@H]4C[C@H](N)[C@@H]4C3)c12. The number of methoxy groups -OCH3 is 1. The molecule has 1 aromatic carbocycles. The predicted molar refractivity (Wildman–Crippen MR) is 93.9 cm³/mol. The number of aromatic nitrogens is 1. The maximum atomic E-state index is 12.4. The number of nitrogens with two attached hydrogens (primary N) is 1. The zero-order valence-corrected chi connectivity index (χ0v) is 14.0. The summed E-state index contributed by atoms with van der Waals surface area (Å²) in [6.07, 6.45) is 5.90. The fraction of sp³-hybridized carbons (Fsp3) is 0.526. The van der Waals surface area contributed by atoms with E-state index >= 15 is 0 Å². The summed E-state index contributed by atoms with van der Waals surface area (Å²) in [7, 11) is 1.69. The van der Waals surface area contributed by atoms with Gasteiger partial charge in [0.05, 0.1) is 7.11 Å². The molecule has 0 bridgehead atoms. The third-order valence-electron chi connectivity index (χ3n) is 5.91. The second kappa shape index (κ2) is 6.13. The Bertz CT molecular complexity index is 754. The van der Waals surface area contributed by atoms with Crippen molar-refractivity contribution in [2.75, 3.05) is 13.7 Å². The van der Waals surface area contributed by atoms with Gasteiger partial charge in [0, 0.05) is 35.6 Å². The van der Waals surface area contributed by atoms with Crippen molar-refractivity contribution >= 4 is 16.8 Å². The number of nitrogens with one attached hydrogen (secondary N) is 2. The van der Waals surface area contributed by atoms with Crippen LogP contribution in [0, 0.1) is 17.8 Å². The van der Waals surface area contributed by atoms with Gasteiger partial charge in [-0.2, -0.15) is 0 Å². The molecule has 2 aromatic rings. The van der Waals surface area contributed by atoms with Crippen LogP contribution in [0.2, 0.25) is 0 Å². The average molecular weight is 327 g/mol. The number of carbonyl (C=O) groups excluding carboxylic acids is 1. The molecule has 4 rings (SSSR count). The van der Waals surface area contributed by atoms with Gasteiger partial charge in [0.2, 0.25) is 5.91 Å². The molecule has 2 fully saturated rings. The second-order valence-electron chi connectivity index (χ2n) is 7.23. The highest BCUT2D eigenvalue weighted by molar-refractivity contribution is 5.89. The van der Waals surface area contributed by atoms with E-state index in [0.29, 0.717) is 24.4 Å². The number of carbonyl (C=O) groups is 1. The third-order valence-corrected chi connectivity index (χ3v) is 5.91. The van der Waals surface area contributed by atoms with E-state index < -0.39 is 0 Å². The van der Waals surface area contributed by atoms with Crippen molar-refractivity contribution in [3.63, 3.8) is 0 Å². The molecular formula is C19H25N3O2. The standard InChI is InChI=1S/C19H25N3O2/c1-24-17-4-2-3-16-18(17)11(10-22-16)5-6-21-19(23)13-7-12-9-15(20)14(12)8-13/h2-4,10,12-15,22H,5-9,20H2,1H3,(H,21,23)/t12-,13?,14-,15+/m1/s1. The zero-order valence-electron chi connectivity index (χ0n) is 14.0. The lowest BCUT2D eigenvalue weighted by Crippen LogP contribution is -2.44. The molecular weight excluding hydrogens is 302 g/mol. The summed E-state index contributed by atoms with van der Waals surface area (Å²) in [6.45, 7) is 0.654. The number of hydrogen-bond acceptors (Lipinski definition) is 3. The second-order valence-corrected chi connectivity index (χ2v) is 7.23. The van der Waals surface area contributed by atoms with Crippen LogP contribution in [-0.2, 0) is 11.2 Å². The highest BCUT2D eigenvalue weighted by atomic mass is 16.5. The Morgan fingerprint density at radius 3 is 3.00 bits per heavy atom. The molecule has 2 aliphatic carbocycles. The minimum Gasteiger partial charge on any atom is -0.496 e. The molecule has 2 saturated carbocycles. The Labute approximate surface area is 141 Å². The highest BCUT2D eigenvalue weighted by Crippen LogP contribution is 2.48. The van der Waals surface area contributed by atoms with Gasteiger partial charge in [-0.15, -0.1) is 0 Å². The molecule has 4 N–H and O–H groups in total. The van der Waals surface area contributed by atoms with Crippen LogP contribution in [0.15, 0.2) is 24.4 Å². The van der Waals surface area contributed by atoms with E-state index in [2.05, 4.69) is 10.3 Å². The number of benzene rings is 1. The van der Waals surface area contributed by atoms with Crippen LogP contribution in [0.3, 0.4) is 0 Å². The first kappa shape index (κ1) is 15.5. The fourth-order valence-corrected chi connectivity index (χ4v) is 4.55. The van der Waals surface area contributed by atoms with Crippen molar-refractivity contribution in [3.05, 3.63) is 30.0 Å². The number of aromatic amines is 1. The zero-order chi connectivity index (χ0) is 16.7. The van der Waals surface area contributed by atoms with Crippen LogP contribution in [0.1, 0.15) is 24.8 Å². The van der Waals surface area contributed by atoms with Gasteiger partial charge < -0.3 is 20.8 Å². The van der Waals surface area contributed by atoms with Crippen LogP contribution in [-0.4, -0.2) is 30.6 Å². The van der Waals surface area contributed by atoms with E-state index in [4.69, 9.17) is 10.5 Å².